The van der Waals surface area contributed by atoms with E-state index in [1.165, 1.54) is 12.1 Å². The molecule has 0 atom stereocenters. The van der Waals surface area contributed by atoms with E-state index in [4.69, 9.17) is 0 Å². The number of likely N-dealkylation sites (N-methyl/N-ethyl adjacent to an activating group) is 1. The molecule has 0 heterocycles. The minimum atomic E-state index is 0.735. The summed E-state index contributed by atoms with van der Waals surface area (Å²) in [5.41, 5.74) is 1.44. The zero-order valence-corrected chi connectivity index (χ0v) is 9.67. The van der Waals surface area contributed by atoms with E-state index in [1.54, 1.807) is 0 Å². The molecule has 0 aromatic carbocycles. The van der Waals surface area contributed by atoms with Gasteiger partial charge in [0.05, 0.1) is 0 Å². The maximum Gasteiger partial charge on any atom is 0.0353 e. The Bertz CT molecular complexity index is 178. The van der Waals surface area contributed by atoms with Crippen LogP contribution in [0.2, 0.25) is 0 Å². The quantitative estimate of drug-likeness (QED) is 0.587. The van der Waals surface area contributed by atoms with Gasteiger partial charge in [-0.15, -0.1) is 0 Å². The average molecular weight is 181 g/mol. The zero-order chi connectivity index (χ0) is 10.3. The third-order valence-electron chi connectivity index (χ3n) is 2.06. The molecule has 0 rings (SSSR count). The van der Waals surface area contributed by atoms with Crippen LogP contribution >= 0.6 is 0 Å². The summed E-state index contributed by atoms with van der Waals surface area (Å²) in [6.07, 6.45) is 7.66. The molecule has 0 amide bonds. The van der Waals surface area contributed by atoms with E-state index in [-0.39, 0.29) is 0 Å². The van der Waals surface area contributed by atoms with Crippen LogP contribution in [0.4, 0.5) is 0 Å². The molecule has 0 fully saturated rings. The van der Waals surface area contributed by atoms with Gasteiger partial charge in [-0.1, -0.05) is 32.1 Å². The Kier molecular flexibility index (Phi) is 6.38. The predicted octanol–water partition coefficient (Wildman–Crippen LogP) is 3.44. The lowest BCUT2D eigenvalue weighted by molar-refractivity contribution is 0.417. The molecule has 76 valence electrons. The summed E-state index contributed by atoms with van der Waals surface area (Å²) in [5.74, 6) is 0.735. The van der Waals surface area contributed by atoms with Gasteiger partial charge in [-0.2, -0.15) is 0 Å². The second-order valence-corrected chi connectivity index (χ2v) is 3.83. The molecule has 0 aliphatic rings. The van der Waals surface area contributed by atoms with E-state index in [1.807, 2.05) is 0 Å². The molecule has 0 N–H and O–H groups in total. The summed E-state index contributed by atoms with van der Waals surface area (Å²) < 4.78 is 0. The van der Waals surface area contributed by atoms with Crippen molar-refractivity contribution < 1.29 is 0 Å². The molecule has 1 heteroatoms. The van der Waals surface area contributed by atoms with Gasteiger partial charge in [0.15, 0.2) is 0 Å². The molecule has 0 aromatic rings. The van der Waals surface area contributed by atoms with Crippen molar-refractivity contribution in [1.82, 2.24) is 4.90 Å². The number of allylic oxidation sites excluding steroid dienone is 3. The first kappa shape index (κ1) is 12.3. The molecule has 0 saturated heterocycles. The number of hydrogen-bond acceptors (Lipinski definition) is 1. The van der Waals surface area contributed by atoms with Gasteiger partial charge in [0, 0.05) is 19.3 Å². The molecule has 0 saturated carbocycles. The Balaban J connectivity index is 4.08. The zero-order valence-electron chi connectivity index (χ0n) is 9.67. The Hall–Kier alpha value is -0.720. The second kappa shape index (κ2) is 6.76. The van der Waals surface area contributed by atoms with Gasteiger partial charge in [0.25, 0.3) is 0 Å². The predicted molar refractivity (Wildman–Crippen MR) is 60.7 cm³/mol. The number of nitrogens with zero attached hydrogens (tertiary/aromatic N) is 1. The highest BCUT2D eigenvalue weighted by Gasteiger charge is 2.03. The molecule has 0 aliphatic heterocycles. The lowest BCUT2D eigenvalue weighted by Crippen LogP contribution is -2.18. The Labute approximate surface area is 83.1 Å². The van der Waals surface area contributed by atoms with E-state index in [2.05, 4.69) is 57.9 Å². The fourth-order valence-electron chi connectivity index (χ4n) is 1.29. The summed E-state index contributed by atoms with van der Waals surface area (Å²) in [7, 11) is 2.15. The van der Waals surface area contributed by atoms with Gasteiger partial charge < -0.3 is 4.90 Å². The minimum Gasteiger partial charge on any atom is -0.374 e. The summed E-state index contributed by atoms with van der Waals surface area (Å²) in [4.78, 5) is 2.31. The number of hydrogen-bond donors (Lipinski definition) is 0. The average Bonchev–Trinajstić information content (AvgIpc) is 2.09. The van der Waals surface area contributed by atoms with Gasteiger partial charge in [0.1, 0.15) is 0 Å². The van der Waals surface area contributed by atoms with E-state index >= 15 is 0 Å². The molecule has 0 radical (unpaired) electrons. The highest BCUT2D eigenvalue weighted by molar-refractivity contribution is 5.01. The van der Waals surface area contributed by atoms with Crippen LogP contribution in [0.1, 0.15) is 34.1 Å². The van der Waals surface area contributed by atoms with Crippen molar-refractivity contribution in [3.63, 3.8) is 0 Å². The van der Waals surface area contributed by atoms with Gasteiger partial charge in [-0.3, -0.25) is 0 Å². The lowest BCUT2D eigenvalue weighted by Gasteiger charge is -2.22. The van der Waals surface area contributed by atoms with Crippen molar-refractivity contribution in [1.29, 1.82) is 0 Å². The monoisotopic (exact) mass is 181 g/mol. The van der Waals surface area contributed by atoms with Crippen LogP contribution in [-0.2, 0) is 0 Å². The molecular formula is C12H23N. The molecule has 0 aromatic heterocycles. The van der Waals surface area contributed by atoms with Crippen molar-refractivity contribution in [3.8, 4) is 0 Å². The first-order valence-corrected chi connectivity index (χ1v) is 5.09. The molecule has 0 bridgehead atoms. The molecular weight excluding hydrogens is 158 g/mol. The van der Waals surface area contributed by atoms with Gasteiger partial charge in [-0.05, 0) is 26.2 Å². The van der Waals surface area contributed by atoms with Gasteiger partial charge >= 0.3 is 0 Å². The fourth-order valence-corrected chi connectivity index (χ4v) is 1.29. The van der Waals surface area contributed by atoms with Crippen LogP contribution in [0, 0.1) is 5.92 Å². The maximum absolute atomic E-state index is 2.31. The van der Waals surface area contributed by atoms with E-state index < -0.39 is 0 Å². The Morgan fingerprint density at radius 3 is 2.31 bits per heavy atom. The third kappa shape index (κ3) is 5.51. The van der Waals surface area contributed by atoms with Crippen LogP contribution in [0.5, 0.6) is 0 Å². The third-order valence-corrected chi connectivity index (χ3v) is 2.06. The molecule has 0 aliphatic carbocycles. The highest BCUT2D eigenvalue weighted by atomic mass is 15.1. The van der Waals surface area contributed by atoms with Crippen molar-refractivity contribution in [3.05, 3.63) is 23.9 Å². The van der Waals surface area contributed by atoms with Crippen molar-refractivity contribution in [2.24, 2.45) is 5.92 Å². The first-order valence-electron chi connectivity index (χ1n) is 5.09. The largest absolute Gasteiger partial charge is 0.374 e. The highest BCUT2D eigenvalue weighted by Crippen LogP contribution is 2.13. The van der Waals surface area contributed by atoms with Gasteiger partial charge in [-0.25, -0.2) is 0 Å². The minimum absolute atomic E-state index is 0.735. The SMILES string of the molecule is C/C=C\CN(C)/C(=C\C)CC(C)C. The van der Waals surface area contributed by atoms with Crippen LogP contribution in [0.3, 0.4) is 0 Å². The van der Waals surface area contributed by atoms with Crippen LogP contribution < -0.4 is 0 Å². The normalized spacial score (nSPS) is 12.9. The van der Waals surface area contributed by atoms with Gasteiger partial charge in [0.2, 0.25) is 0 Å². The summed E-state index contributed by atoms with van der Waals surface area (Å²) >= 11 is 0. The topological polar surface area (TPSA) is 3.24 Å². The van der Waals surface area contributed by atoms with Crippen LogP contribution in [-0.4, -0.2) is 18.5 Å². The molecule has 13 heavy (non-hydrogen) atoms. The summed E-state index contributed by atoms with van der Waals surface area (Å²) in [5, 5.41) is 0. The summed E-state index contributed by atoms with van der Waals surface area (Å²) in [6.45, 7) is 9.71. The molecule has 1 nitrogen and oxygen atoms in total. The fraction of sp³-hybridized carbons (Fsp3) is 0.667. The van der Waals surface area contributed by atoms with E-state index in [0.29, 0.717) is 0 Å². The maximum atomic E-state index is 2.31. The first-order chi connectivity index (χ1) is 6.11. The standard InChI is InChI=1S/C12H23N/c1-6-8-9-13(5)12(7-2)10-11(3)4/h6-8,11H,9-10H2,1-5H3/b8-6-,12-7-. The van der Waals surface area contributed by atoms with E-state index in [0.717, 1.165) is 12.5 Å². The number of rotatable bonds is 5. The Morgan fingerprint density at radius 2 is 1.92 bits per heavy atom. The van der Waals surface area contributed by atoms with Crippen molar-refractivity contribution in [2.75, 3.05) is 13.6 Å². The lowest BCUT2D eigenvalue weighted by atomic mass is 10.1. The summed E-state index contributed by atoms with van der Waals surface area (Å²) in [6, 6.07) is 0. The van der Waals surface area contributed by atoms with Crippen molar-refractivity contribution in [2.45, 2.75) is 34.1 Å². The van der Waals surface area contributed by atoms with Crippen LogP contribution in [0.25, 0.3) is 0 Å². The van der Waals surface area contributed by atoms with E-state index in [9.17, 15) is 0 Å². The smallest absolute Gasteiger partial charge is 0.0353 e. The van der Waals surface area contributed by atoms with Crippen molar-refractivity contribution >= 4 is 0 Å². The molecule has 0 unspecified atom stereocenters. The second-order valence-electron chi connectivity index (χ2n) is 3.83. The van der Waals surface area contributed by atoms with Crippen LogP contribution in [0.15, 0.2) is 23.9 Å². The molecule has 0 spiro atoms. The Morgan fingerprint density at radius 1 is 1.31 bits per heavy atom.